The lowest BCUT2D eigenvalue weighted by Crippen LogP contribution is -2.32. The van der Waals surface area contributed by atoms with Gasteiger partial charge in [0.25, 0.3) is 0 Å². The van der Waals surface area contributed by atoms with Crippen LogP contribution in [0, 0.1) is 0 Å². The Kier molecular flexibility index (Phi) is 3.86. The van der Waals surface area contributed by atoms with E-state index in [2.05, 4.69) is 4.74 Å². The molecule has 0 aliphatic heterocycles. The molecule has 1 atom stereocenters. The van der Waals surface area contributed by atoms with E-state index in [1.54, 1.807) is 0 Å². The summed E-state index contributed by atoms with van der Waals surface area (Å²) in [5.41, 5.74) is 5.60. The number of methoxy groups -OCH3 is 2. The fraction of sp³-hybridized carbons (Fsp3) is 0.333. The van der Waals surface area contributed by atoms with E-state index in [9.17, 15) is 13.2 Å². The molecule has 0 radical (unpaired) electrons. The summed E-state index contributed by atoms with van der Waals surface area (Å²) in [6.45, 7) is 0. The van der Waals surface area contributed by atoms with Gasteiger partial charge in [-0.15, -0.1) is 0 Å². The third kappa shape index (κ3) is 2.31. The average molecular weight is 245 g/mol. The molecule has 1 rings (SSSR count). The van der Waals surface area contributed by atoms with Gasteiger partial charge < -0.3 is 15.2 Å². The van der Waals surface area contributed by atoms with Crippen LogP contribution in [0.4, 0.5) is 0 Å². The minimum atomic E-state index is -2.48. The molecule has 1 aliphatic carbocycles. The Morgan fingerprint density at radius 3 is 2.50 bits per heavy atom. The first-order valence-electron chi connectivity index (χ1n) is 4.29. The molecular weight excluding hydrogens is 234 g/mol. The Labute approximate surface area is 93.9 Å². The van der Waals surface area contributed by atoms with E-state index in [4.69, 9.17) is 10.5 Å². The molecule has 0 aromatic rings. The molecule has 16 heavy (non-hydrogen) atoms. The zero-order valence-corrected chi connectivity index (χ0v) is 9.58. The predicted octanol–water partition coefficient (Wildman–Crippen LogP) is -0.991. The fourth-order valence-electron chi connectivity index (χ4n) is 1.25. The summed E-state index contributed by atoms with van der Waals surface area (Å²) in [5.74, 6) is -0.475. The van der Waals surface area contributed by atoms with Crippen molar-refractivity contribution in [1.82, 2.24) is 0 Å². The molecule has 7 heteroatoms. The van der Waals surface area contributed by atoms with Gasteiger partial charge in [-0.1, -0.05) is 0 Å². The maximum Gasteiger partial charge on any atom is 0.341 e. The van der Waals surface area contributed by atoms with Crippen molar-refractivity contribution in [3.8, 4) is 0 Å². The molecule has 0 aromatic carbocycles. The average Bonchev–Trinajstić information content (AvgIpc) is 2.27. The Morgan fingerprint density at radius 2 is 2.06 bits per heavy atom. The molecular formula is C9H11NO5S. The largest absolute Gasteiger partial charge is 0.496 e. The second kappa shape index (κ2) is 4.95. The van der Waals surface area contributed by atoms with Crippen LogP contribution in [0.5, 0.6) is 0 Å². The molecule has 1 unspecified atom stereocenters. The van der Waals surface area contributed by atoms with Gasteiger partial charge in [-0.05, 0) is 12.2 Å². The Morgan fingerprint density at radius 1 is 1.44 bits per heavy atom. The van der Waals surface area contributed by atoms with Gasteiger partial charge in [0.2, 0.25) is 10.3 Å². The lowest BCUT2D eigenvalue weighted by atomic mass is 10.0. The summed E-state index contributed by atoms with van der Waals surface area (Å²) in [6, 6.07) is -0.818. The number of hydrogen-bond acceptors (Lipinski definition) is 6. The van der Waals surface area contributed by atoms with Crippen LogP contribution in [-0.2, 0) is 24.6 Å². The summed E-state index contributed by atoms with van der Waals surface area (Å²) >= 11 is 0. The van der Waals surface area contributed by atoms with Crippen LogP contribution in [0.1, 0.15) is 0 Å². The number of rotatable bonds is 2. The quantitative estimate of drug-likeness (QED) is 0.495. The lowest BCUT2D eigenvalue weighted by Gasteiger charge is -2.17. The standard InChI is InChI=1S/C9H11NO5S/c1-14-7-4-6(10)8(16(12)13)3-5(7)9(11)15-2/h3-4,6H,10H2,1-2H3. The molecule has 6 nitrogen and oxygen atoms in total. The highest BCUT2D eigenvalue weighted by Gasteiger charge is 2.25. The van der Waals surface area contributed by atoms with Gasteiger partial charge in [-0.2, -0.15) is 8.42 Å². The number of hydrogen-bond donors (Lipinski definition) is 1. The van der Waals surface area contributed by atoms with Crippen molar-refractivity contribution >= 4 is 21.1 Å². The van der Waals surface area contributed by atoms with Crippen molar-refractivity contribution in [3.05, 3.63) is 23.5 Å². The predicted molar refractivity (Wildman–Crippen MR) is 57.1 cm³/mol. The van der Waals surface area contributed by atoms with Crippen molar-refractivity contribution in [1.29, 1.82) is 0 Å². The van der Waals surface area contributed by atoms with Crippen LogP contribution in [0.3, 0.4) is 0 Å². The number of carbonyl (C=O) groups excluding carboxylic acids is 1. The summed E-state index contributed by atoms with van der Waals surface area (Å²) in [6.07, 6.45) is 2.50. The second-order valence-electron chi connectivity index (χ2n) is 2.95. The minimum absolute atomic E-state index is 0.0332. The van der Waals surface area contributed by atoms with E-state index in [1.165, 1.54) is 20.3 Å². The highest BCUT2D eigenvalue weighted by atomic mass is 32.2. The highest BCUT2D eigenvalue weighted by molar-refractivity contribution is 7.73. The molecule has 1 aliphatic rings. The molecule has 0 aromatic heterocycles. The van der Waals surface area contributed by atoms with E-state index >= 15 is 0 Å². The summed E-state index contributed by atoms with van der Waals surface area (Å²) in [7, 11) is 0.0680. The van der Waals surface area contributed by atoms with Crippen molar-refractivity contribution in [2.75, 3.05) is 14.2 Å². The Bertz CT molecular complexity index is 492. The third-order valence-electron chi connectivity index (χ3n) is 2.03. The summed E-state index contributed by atoms with van der Waals surface area (Å²) in [4.78, 5) is 11.3. The van der Waals surface area contributed by atoms with E-state index in [0.29, 0.717) is 0 Å². The van der Waals surface area contributed by atoms with Crippen LogP contribution >= 0.6 is 0 Å². The summed E-state index contributed by atoms with van der Waals surface area (Å²) in [5, 5.41) is 0. The first-order valence-corrected chi connectivity index (χ1v) is 5.36. The maximum atomic E-state index is 11.3. The Balaban J connectivity index is 3.32. The fourth-order valence-corrected chi connectivity index (χ4v) is 1.76. The van der Waals surface area contributed by atoms with E-state index in [0.717, 1.165) is 6.08 Å². The second-order valence-corrected chi connectivity index (χ2v) is 3.89. The maximum absolute atomic E-state index is 11.3. The van der Waals surface area contributed by atoms with Crippen molar-refractivity contribution < 1.29 is 22.7 Å². The molecule has 2 N–H and O–H groups in total. The number of esters is 1. The van der Waals surface area contributed by atoms with Crippen LogP contribution in [0.2, 0.25) is 0 Å². The molecule has 0 saturated carbocycles. The first-order chi connectivity index (χ1) is 7.51. The van der Waals surface area contributed by atoms with Gasteiger partial charge in [0.05, 0.1) is 25.1 Å². The molecule has 0 spiro atoms. The molecule has 88 valence electrons. The van der Waals surface area contributed by atoms with Crippen LogP contribution in [0.15, 0.2) is 23.5 Å². The Hall–Kier alpha value is -1.60. The summed E-state index contributed by atoms with van der Waals surface area (Å²) < 4.78 is 31.1. The smallest absolute Gasteiger partial charge is 0.341 e. The van der Waals surface area contributed by atoms with Gasteiger partial charge in [0, 0.05) is 0 Å². The van der Waals surface area contributed by atoms with E-state index in [1.807, 2.05) is 0 Å². The monoisotopic (exact) mass is 245 g/mol. The third-order valence-corrected chi connectivity index (χ3v) is 2.80. The minimum Gasteiger partial charge on any atom is -0.496 e. The van der Waals surface area contributed by atoms with Gasteiger partial charge in [-0.25, -0.2) is 4.79 Å². The van der Waals surface area contributed by atoms with Gasteiger partial charge in [0.1, 0.15) is 11.3 Å². The normalized spacial score (nSPS) is 19.7. The lowest BCUT2D eigenvalue weighted by molar-refractivity contribution is -0.136. The molecule has 0 saturated heterocycles. The van der Waals surface area contributed by atoms with Gasteiger partial charge in [-0.3, -0.25) is 0 Å². The van der Waals surface area contributed by atoms with Crippen LogP contribution in [0.25, 0.3) is 0 Å². The van der Waals surface area contributed by atoms with Gasteiger partial charge >= 0.3 is 5.97 Å². The zero-order valence-electron chi connectivity index (χ0n) is 8.76. The molecule has 0 heterocycles. The van der Waals surface area contributed by atoms with Crippen LogP contribution < -0.4 is 5.73 Å². The number of ether oxygens (including phenoxy) is 2. The highest BCUT2D eigenvalue weighted by Crippen LogP contribution is 2.18. The SMILES string of the molecule is COC(=O)C1=CC(=S(=O)=O)C(N)C=C1OC. The van der Waals surface area contributed by atoms with E-state index in [-0.39, 0.29) is 16.2 Å². The van der Waals surface area contributed by atoms with Gasteiger partial charge in [0.15, 0.2) is 0 Å². The van der Waals surface area contributed by atoms with Crippen LogP contribution in [-0.4, -0.2) is 39.5 Å². The zero-order chi connectivity index (χ0) is 12.3. The number of nitrogens with two attached hydrogens (primary N) is 1. The molecule has 0 bridgehead atoms. The molecule has 0 fully saturated rings. The van der Waals surface area contributed by atoms with Crippen molar-refractivity contribution in [3.63, 3.8) is 0 Å². The topological polar surface area (TPSA) is 95.7 Å². The molecule has 0 amide bonds. The number of carbonyl (C=O) groups is 1. The van der Waals surface area contributed by atoms with Crippen molar-refractivity contribution in [2.45, 2.75) is 6.04 Å². The van der Waals surface area contributed by atoms with E-state index < -0.39 is 22.3 Å². The van der Waals surface area contributed by atoms with Crippen molar-refractivity contribution in [2.24, 2.45) is 5.73 Å². The first kappa shape index (κ1) is 12.5.